The van der Waals surface area contributed by atoms with Crippen molar-refractivity contribution in [1.82, 2.24) is 5.32 Å². The summed E-state index contributed by atoms with van der Waals surface area (Å²) < 4.78 is 12.8. The summed E-state index contributed by atoms with van der Waals surface area (Å²) in [6.07, 6.45) is 0.851. The van der Waals surface area contributed by atoms with E-state index in [1.54, 1.807) is 23.9 Å². The molecule has 0 aliphatic rings. The third-order valence-electron chi connectivity index (χ3n) is 3.00. The molecule has 0 heterocycles. The molecule has 5 heteroatoms. The highest BCUT2D eigenvalue weighted by molar-refractivity contribution is 7.99. The molecule has 22 heavy (non-hydrogen) atoms. The summed E-state index contributed by atoms with van der Waals surface area (Å²) in [5, 5.41) is 5.60. The number of nitrogens with one attached hydrogen (secondary N) is 2. The summed E-state index contributed by atoms with van der Waals surface area (Å²) >= 11 is 1.65. The first-order chi connectivity index (χ1) is 10.6. The molecule has 0 spiro atoms. The van der Waals surface area contributed by atoms with Crippen LogP contribution in [0.15, 0.2) is 53.4 Å². The summed E-state index contributed by atoms with van der Waals surface area (Å²) in [5.41, 5.74) is 1.94. The van der Waals surface area contributed by atoms with Crippen LogP contribution >= 0.6 is 11.8 Å². The first-order valence-corrected chi connectivity index (χ1v) is 8.12. The van der Waals surface area contributed by atoms with E-state index in [1.165, 1.54) is 12.1 Å². The Bertz CT molecular complexity index is 599. The highest BCUT2D eigenvalue weighted by atomic mass is 32.2. The minimum atomic E-state index is -0.223. The molecule has 3 nitrogen and oxygen atoms in total. The lowest BCUT2D eigenvalue weighted by molar-refractivity contribution is 0.252. The summed E-state index contributed by atoms with van der Waals surface area (Å²) in [5.74, 6) is 0.648. The van der Waals surface area contributed by atoms with Crippen molar-refractivity contribution in [3.8, 4) is 0 Å². The molecule has 0 unspecified atom stereocenters. The number of hydrogen-bond donors (Lipinski definition) is 2. The Morgan fingerprint density at radius 1 is 1.09 bits per heavy atom. The van der Waals surface area contributed by atoms with Gasteiger partial charge in [0.1, 0.15) is 5.82 Å². The Balaban J connectivity index is 1.61. The highest BCUT2D eigenvalue weighted by Crippen LogP contribution is 2.18. The normalized spacial score (nSPS) is 10.3. The van der Waals surface area contributed by atoms with Gasteiger partial charge >= 0.3 is 6.03 Å². The lowest BCUT2D eigenvalue weighted by Gasteiger charge is -2.08. The van der Waals surface area contributed by atoms with E-state index in [0.717, 1.165) is 28.3 Å². The second kappa shape index (κ2) is 8.44. The fraction of sp³-hybridized carbons (Fsp3) is 0.235. The Hall–Kier alpha value is -2.01. The van der Waals surface area contributed by atoms with Crippen molar-refractivity contribution in [3.63, 3.8) is 0 Å². The van der Waals surface area contributed by atoms with Crippen LogP contribution in [0.25, 0.3) is 0 Å². The van der Waals surface area contributed by atoms with Crippen molar-refractivity contribution in [2.24, 2.45) is 0 Å². The lowest BCUT2D eigenvalue weighted by atomic mass is 10.2. The van der Waals surface area contributed by atoms with Crippen LogP contribution in [0, 0.1) is 12.7 Å². The standard InChI is InChI=1S/C17H19FN2OS/c1-13-3-7-15(8-4-13)20-17(21)19-11-2-12-22-16-9-5-14(18)6-10-16/h3-10H,2,11-12H2,1H3,(H2,19,20,21). The molecule has 2 N–H and O–H groups in total. The molecule has 0 aromatic heterocycles. The van der Waals surface area contributed by atoms with Crippen molar-refractivity contribution in [2.75, 3.05) is 17.6 Å². The zero-order valence-corrected chi connectivity index (χ0v) is 13.3. The monoisotopic (exact) mass is 318 g/mol. The van der Waals surface area contributed by atoms with Crippen LogP contribution in [0.1, 0.15) is 12.0 Å². The fourth-order valence-corrected chi connectivity index (χ4v) is 2.66. The fourth-order valence-electron chi connectivity index (χ4n) is 1.81. The van der Waals surface area contributed by atoms with E-state index < -0.39 is 0 Å². The van der Waals surface area contributed by atoms with Gasteiger partial charge in [-0.15, -0.1) is 11.8 Å². The number of benzene rings is 2. The van der Waals surface area contributed by atoms with Gasteiger partial charge in [-0.2, -0.15) is 0 Å². The number of carbonyl (C=O) groups is 1. The summed E-state index contributed by atoms with van der Waals surface area (Å²) in [6, 6.07) is 13.9. The van der Waals surface area contributed by atoms with Crippen LogP contribution in [-0.4, -0.2) is 18.3 Å². The number of thioether (sulfide) groups is 1. The largest absolute Gasteiger partial charge is 0.338 e. The number of halogens is 1. The summed E-state index contributed by atoms with van der Waals surface area (Å²) in [7, 11) is 0. The van der Waals surface area contributed by atoms with Crippen molar-refractivity contribution in [3.05, 3.63) is 59.9 Å². The zero-order chi connectivity index (χ0) is 15.8. The average Bonchev–Trinajstić information content (AvgIpc) is 2.51. The molecule has 0 saturated heterocycles. The number of rotatable bonds is 6. The van der Waals surface area contributed by atoms with Crippen LogP contribution in [0.4, 0.5) is 14.9 Å². The van der Waals surface area contributed by atoms with Gasteiger partial charge < -0.3 is 10.6 Å². The number of carbonyl (C=O) groups excluding carboxylic acids is 1. The van der Waals surface area contributed by atoms with E-state index in [-0.39, 0.29) is 11.8 Å². The van der Waals surface area contributed by atoms with E-state index >= 15 is 0 Å². The molecular formula is C17H19FN2OS. The second-order valence-corrected chi connectivity index (χ2v) is 6.07. The SMILES string of the molecule is Cc1ccc(NC(=O)NCCCSc2ccc(F)cc2)cc1. The molecule has 2 rings (SSSR count). The molecule has 0 atom stereocenters. The third kappa shape index (κ3) is 5.77. The molecule has 0 bridgehead atoms. The molecule has 2 aromatic rings. The van der Waals surface area contributed by atoms with Gasteiger partial charge in [-0.1, -0.05) is 17.7 Å². The maximum absolute atomic E-state index is 12.8. The van der Waals surface area contributed by atoms with E-state index in [0.29, 0.717) is 6.54 Å². The number of amides is 2. The summed E-state index contributed by atoms with van der Waals surface area (Å²) in [6.45, 7) is 2.61. The first-order valence-electron chi connectivity index (χ1n) is 7.13. The van der Waals surface area contributed by atoms with Crippen LogP contribution in [0.3, 0.4) is 0 Å². The van der Waals surface area contributed by atoms with E-state index in [9.17, 15) is 9.18 Å². The van der Waals surface area contributed by atoms with Gasteiger partial charge in [-0.25, -0.2) is 9.18 Å². The molecule has 116 valence electrons. The Labute approximate surface area is 134 Å². The van der Waals surface area contributed by atoms with Crippen LogP contribution in [0.5, 0.6) is 0 Å². The maximum atomic E-state index is 12.8. The van der Waals surface area contributed by atoms with Crippen LogP contribution < -0.4 is 10.6 Å². The molecule has 2 aromatic carbocycles. The van der Waals surface area contributed by atoms with E-state index in [2.05, 4.69) is 10.6 Å². The predicted molar refractivity (Wildman–Crippen MR) is 89.9 cm³/mol. The Morgan fingerprint density at radius 3 is 2.45 bits per heavy atom. The maximum Gasteiger partial charge on any atom is 0.319 e. The topological polar surface area (TPSA) is 41.1 Å². The van der Waals surface area contributed by atoms with E-state index in [4.69, 9.17) is 0 Å². The van der Waals surface area contributed by atoms with Crippen molar-refractivity contribution in [2.45, 2.75) is 18.2 Å². The highest BCUT2D eigenvalue weighted by Gasteiger charge is 2.01. The number of urea groups is 1. The van der Waals surface area contributed by atoms with E-state index in [1.807, 2.05) is 31.2 Å². The summed E-state index contributed by atoms with van der Waals surface area (Å²) in [4.78, 5) is 12.7. The van der Waals surface area contributed by atoms with Gasteiger partial charge in [0.05, 0.1) is 0 Å². The Morgan fingerprint density at radius 2 is 1.77 bits per heavy atom. The molecule has 2 amide bonds. The number of hydrogen-bond acceptors (Lipinski definition) is 2. The lowest BCUT2D eigenvalue weighted by Crippen LogP contribution is -2.29. The van der Waals surface area contributed by atoms with Gasteiger partial charge in [-0.05, 0) is 55.5 Å². The third-order valence-corrected chi connectivity index (χ3v) is 4.10. The molecule has 0 radical (unpaired) electrons. The molecular weight excluding hydrogens is 299 g/mol. The number of aryl methyl sites for hydroxylation is 1. The van der Waals surface area contributed by atoms with Crippen LogP contribution in [0.2, 0.25) is 0 Å². The van der Waals surface area contributed by atoms with Crippen LogP contribution in [-0.2, 0) is 0 Å². The Kier molecular flexibility index (Phi) is 6.27. The zero-order valence-electron chi connectivity index (χ0n) is 12.4. The van der Waals surface area contributed by atoms with Gasteiger partial charge in [0.15, 0.2) is 0 Å². The molecule has 0 aliphatic heterocycles. The molecule has 0 aliphatic carbocycles. The minimum absolute atomic E-state index is 0.198. The van der Waals surface area contributed by atoms with Crippen molar-refractivity contribution >= 4 is 23.5 Å². The second-order valence-electron chi connectivity index (χ2n) is 4.90. The minimum Gasteiger partial charge on any atom is -0.338 e. The van der Waals surface area contributed by atoms with Gasteiger partial charge in [0.2, 0.25) is 0 Å². The first kappa shape index (κ1) is 16.4. The van der Waals surface area contributed by atoms with Gasteiger partial charge in [0.25, 0.3) is 0 Å². The molecule has 0 fully saturated rings. The number of anilines is 1. The average molecular weight is 318 g/mol. The van der Waals surface area contributed by atoms with Crippen molar-refractivity contribution in [1.29, 1.82) is 0 Å². The van der Waals surface area contributed by atoms with Gasteiger partial charge in [0, 0.05) is 17.1 Å². The smallest absolute Gasteiger partial charge is 0.319 e. The quantitative estimate of drug-likeness (QED) is 0.611. The van der Waals surface area contributed by atoms with Crippen molar-refractivity contribution < 1.29 is 9.18 Å². The predicted octanol–water partition coefficient (Wildman–Crippen LogP) is 4.44. The molecule has 0 saturated carbocycles. The van der Waals surface area contributed by atoms with Gasteiger partial charge in [-0.3, -0.25) is 0 Å².